The second-order valence-electron chi connectivity index (χ2n) is 6.07. The van der Waals surface area contributed by atoms with E-state index in [1.807, 2.05) is 0 Å². The van der Waals surface area contributed by atoms with Crippen LogP contribution < -0.4 is 5.32 Å². The summed E-state index contributed by atoms with van der Waals surface area (Å²) in [5.74, 6) is 0. The molecule has 2 rings (SSSR count). The third-order valence-electron chi connectivity index (χ3n) is 4.72. The summed E-state index contributed by atoms with van der Waals surface area (Å²) in [7, 11) is 0. The number of rotatable bonds is 5. The van der Waals surface area contributed by atoms with Gasteiger partial charge in [-0.25, -0.2) is 0 Å². The van der Waals surface area contributed by atoms with E-state index in [0.29, 0.717) is 24.2 Å². The first kappa shape index (κ1) is 14.3. The molecule has 1 saturated heterocycles. The lowest BCUT2D eigenvalue weighted by molar-refractivity contribution is -0.0999. The van der Waals surface area contributed by atoms with Crippen LogP contribution in [0, 0.1) is 0 Å². The summed E-state index contributed by atoms with van der Waals surface area (Å²) in [4.78, 5) is 2.70. The van der Waals surface area contributed by atoms with Crippen molar-refractivity contribution >= 4 is 0 Å². The Kier molecular flexibility index (Phi) is 5.46. The highest BCUT2D eigenvalue weighted by molar-refractivity contribution is 4.90. The minimum atomic E-state index is 0.513. The number of ether oxygens (including phenoxy) is 1. The van der Waals surface area contributed by atoms with Crippen LogP contribution in [0.1, 0.15) is 52.9 Å². The van der Waals surface area contributed by atoms with Gasteiger partial charge in [0.1, 0.15) is 0 Å². The molecule has 0 radical (unpaired) electrons. The standard InChI is InChI=1S/C15H30N2O/c1-4-12(2)16-11-13(3)17-9-10-18-15-8-6-5-7-14(15)17/h12-16H,4-11H2,1-3H3. The molecule has 0 aromatic heterocycles. The lowest BCUT2D eigenvalue weighted by atomic mass is 9.89. The third-order valence-corrected chi connectivity index (χ3v) is 4.72. The van der Waals surface area contributed by atoms with Crippen LogP contribution in [0.15, 0.2) is 0 Å². The zero-order chi connectivity index (χ0) is 13.0. The monoisotopic (exact) mass is 254 g/mol. The predicted octanol–water partition coefficient (Wildman–Crippen LogP) is 2.41. The minimum absolute atomic E-state index is 0.513. The van der Waals surface area contributed by atoms with Crippen molar-refractivity contribution in [2.45, 2.75) is 77.1 Å². The normalized spacial score (nSPS) is 32.8. The van der Waals surface area contributed by atoms with E-state index in [0.717, 1.165) is 19.7 Å². The number of nitrogens with one attached hydrogen (secondary N) is 1. The third kappa shape index (κ3) is 3.46. The fraction of sp³-hybridized carbons (Fsp3) is 1.00. The van der Waals surface area contributed by atoms with Crippen molar-refractivity contribution in [3.8, 4) is 0 Å². The number of hydrogen-bond acceptors (Lipinski definition) is 3. The van der Waals surface area contributed by atoms with Crippen LogP contribution in [0.5, 0.6) is 0 Å². The molecule has 3 heteroatoms. The Morgan fingerprint density at radius 1 is 1.28 bits per heavy atom. The van der Waals surface area contributed by atoms with Crippen LogP contribution in [0.2, 0.25) is 0 Å². The molecule has 4 unspecified atom stereocenters. The summed E-state index contributed by atoms with van der Waals surface area (Å²) >= 11 is 0. The number of nitrogens with zero attached hydrogens (tertiary/aromatic N) is 1. The SMILES string of the molecule is CCC(C)NCC(C)N1CCOC2CCCCC21. The Labute approximate surface area is 112 Å². The molecule has 1 N–H and O–H groups in total. The summed E-state index contributed by atoms with van der Waals surface area (Å²) in [5.41, 5.74) is 0. The summed E-state index contributed by atoms with van der Waals surface area (Å²) in [6.07, 6.45) is 7.06. The van der Waals surface area contributed by atoms with Crippen LogP contribution in [-0.2, 0) is 4.74 Å². The van der Waals surface area contributed by atoms with E-state index in [2.05, 4.69) is 31.0 Å². The second kappa shape index (κ2) is 6.88. The van der Waals surface area contributed by atoms with E-state index >= 15 is 0 Å². The van der Waals surface area contributed by atoms with E-state index in [-0.39, 0.29) is 0 Å². The maximum absolute atomic E-state index is 5.95. The Bertz CT molecular complexity index is 245. The van der Waals surface area contributed by atoms with Crippen molar-refractivity contribution in [1.29, 1.82) is 0 Å². The molecule has 0 aromatic carbocycles. The molecule has 4 atom stereocenters. The zero-order valence-electron chi connectivity index (χ0n) is 12.3. The molecule has 1 aliphatic carbocycles. The Balaban J connectivity index is 1.85. The van der Waals surface area contributed by atoms with Gasteiger partial charge in [0.15, 0.2) is 0 Å². The van der Waals surface area contributed by atoms with Gasteiger partial charge in [-0.1, -0.05) is 19.8 Å². The maximum atomic E-state index is 5.95. The van der Waals surface area contributed by atoms with Gasteiger partial charge in [-0.05, 0) is 33.1 Å². The number of fused-ring (bicyclic) bond motifs is 1. The van der Waals surface area contributed by atoms with Gasteiger partial charge in [-0.15, -0.1) is 0 Å². The minimum Gasteiger partial charge on any atom is -0.375 e. The summed E-state index contributed by atoms with van der Waals surface area (Å²) in [5, 5.41) is 3.64. The number of hydrogen-bond donors (Lipinski definition) is 1. The van der Waals surface area contributed by atoms with E-state index in [9.17, 15) is 0 Å². The molecule has 2 aliphatic rings. The molecule has 2 fully saturated rings. The predicted molar refractivity (Wildman–Crippen MR) is 75.9 cm³/mol. The molecule has 18 heavy (non-hydrogen) atoms. The van der Waals surface area contributed by atoms with Crippen molar-refractivity contribution in [3.05, 3.63) is 0 Å². The summed E-state index contributed by atoms with van der Waals surface area (Å²) < 4.78 is 5.95. The smallest absolute Gasteiger partial charge is 0.0731 e. The molecule has 0 spiro atoms. The molecule has 1 aliphatic heterocycles. The van der Waals surface area contributed by atoms with E-state index < -0.39 is 0 Å². The van der Waals surface area contributed by atoms with Crippen LogP contribution in [0.4, 0.5) is 0 Å². The number of morpholine rings is 1. The summed E-state index contributed by atoms with van der Waals surface area (Å²) in [6, 6.07) is 1.95. The van der Waals surface area contributed by atoms with Crippen LogP contribution in [0.3, 0.4) is 0 Å². The first-order valence-corrected chi connectivity index (χ1v) is 7.83. The highest BCUT2D eigenvalue weighted by Gasteiger charge is 2.36. The average molecular weight is 254 g/mol. The van der Waals surface area contributed by atoms with Gasteiger partial charge in [-0.2, -0.15) is 0 Å². The van der Waals surface area contributed by atoms with Gasteiger partial charge < -0.3 is 10.1 Å². The van der Waals surface area contributed by atoms with Gasteiger partial charge in [0.05, 0.1) is 12.7 Å². The highest BCUT2D eigenvalue weighted by Crippen LogP contribution is 2.29. The quantitative estimate of drug-likeness (QED) is 0.815. The zero-order valence-corrected chi connectivity index (χ0v) is 12.3. The lowest BCUT2D eigenvalue weighted by Gasteiger charge is -2.46. The molecule has 0 amide bonds. The van der Waals surface area contributed by atoms with E-state index in [1.54, 1.807) is 0 Å². The van der Waals surface area contributed by atoms with Gasteiger partial charge >= 0.3 is 0 Å². The van der Waals surface area contributed by atoms with Crippen molar-refractivity contribution < 1.29 is 4.74 Å². The summed E-state index contributed by atoms with van der Waals surface area (Å²) in [6.45, 7) is 10.0. The fourth-order valence-corrected chi connectivity index (χ4v) is 3.31. The van der Waals surface area contributed by atoms with Crippen LogP contribution >= 0.6 is 0 Å². The Hall–Kier alpha value is -0.120. The molecular weight excluding hydrogens is 224 g/mol. The van der Waals surface area contributed by atoms with E-state index in [1.165, 1.54) is 32.1 Å². The first-order valence-electron chi connectivity index (χ1n) is 7.83. The van der Waals surface area contributed by atoms with Crippen molar-refractivity contribution in [1.82, 2.24) is 10.2 Å². The average Bonchev–Trinajstić information content (AvgIpc) is 2.43. The molecule has 1 heterocycles. The van der Waals surface area contributed by atoms with Gasteiger partial charge in [0.25, 0.3) is 0 Å². The molecule has 3 nitrogen and oxygen atoms in total. The Morgan fingerprint density at radius 3 is 2.83 bits per heavy atom. The largest absolute Gasteiger partial charge is 0.375 e. The van der Waals surface area contributed by atoms with Crippen LogP contribution in [-0.4, -0.2) is 48.8 Å². The maximum Gasteiger partial charge on any atom is 0.0731 e. The van der Waals surface area contributed by atoms with Gasteiger partial charge in [0, 0.05) is 31.2 Å². The van der Waals surface area contributed by atoms with Crippen molar-refractivity contribution in [3.63, 3.8) is 0 Å². The van der Waals surface area contributed by atoms with Crippen molar-refractivity contribution in [2.24, 2.45) is 0 Å². The molecule has 0 bridgehead atoms. The molecule has 106 valence electrons. The lowest BCUT2D eigenvalue weighted by Crippen LogP contribution is -2.57. The highest BCUT2D eigenvalue weighted by atomic mass is 16.5. The van der Waals surface area contributed by atoms with E-state index in [4.69, 9.17) is 4.74 Å². The fourth-order valence-electron chi connectivity index (χ4n) is 3.31. The molecule has 0 aromatic rings. The Morgan fingerprint density at radius 2 is 2.06 bits per heavy atom. The molecular formula is C15H30N2O. The van der Waals surface area contributed by atoms with Gasteiger partial charge in [-0.3, -0.25) is 4.90 Å². The topological polar surface area (TPSA) is 24.5 Å². The van der Waals surface area contributed by atoms with Gasteiger partial charge in [0.2, 0.25) is 0 Å². The van der Waals surface area contributed by atoms with Crippen molar-refractivity contribution in [2.75, 3.05) is 19.7 Å². The first-order chi connectivity index (χ1) is 8.72. The second-order valence-corrected chi connectivity index (χ2v) is 6.07. The van der Waals surface area contributed by atoms with Crippen LogP contribution in [0.25, 0.3) is 0 Å². The molecule has 1 saturated carbocycles.